The summed E-state index contributed by atoms with van der Waals surface area (Å²) in [4.78, 5) is 17.5. The third-order valence-electron chi connectivity index (χ3n) is 4.20. The largest absolute Gasteiger partial charge is 0.444 e. The van der Waals surface area contributed by atoms with Crippen molar-refractivity contribution in [3.63, 3.8) is 0 Å². The fraction of sp³-hybridized carbons (Fsp3) is 0.706. The first kappa shape index (κ1) is 16.9. The number of aromatic amines is 1. The van der Waals surface area contributed by atoms with Gasteiger partial charge in [-0.3, -0.25) is 4.90 Å². The van der Waals surface area contributed by atoms with Gasteiger partial charge >= 0.3 is 6.09 Å². The van der Waals surface area contributed by atoms with Crippen molar-refractivity contribution in [3.05, 3.63) is 24.0 Å². The molecule has 1 aliphatic heterocycles. The molecular weight excluding hydrogens is 278 g/mol. The molecule has 0 aliphatic carbocycles. The number of carbonyl (C=O) groups excluding carboxylic acids is 1. The van der Waals surface area contributed by atoms with Crippen molar-refractivity contribution in [1.82, 2.24) is 15.2 Å². The molecule has 1 amide bonds. The second-order valence-corrected chi connectivity index (χ2v) is 7.16. The van der Waals surface area contributed by atoms with Crippen molar-refractivity contribution >= 4 is 6.09 Å². The maximum atomic E-state index is 11.7. The Bertz CT molecular complexity index is 457. The Morgan fingerprint density at radius 3 is 2.68 bits per heavy atom. The lowest BCUT2D eigenvalue weighted by molar-refractivity contribution is 0.0505. The number of H-pyrrole nitrogens is 1. The van der Waals surface area contributed by atoms with E-state index in [1.54, 1.807) is 0 Å². The Morgan fingerprint density at radius 2 is 2.14 bits per heavy atom. The molecule has 0 radical (unpaired) electrons. The minimum Gasteiger partial charge on any atom is -0.444 e. The highest BCUT2D eigenvalue weighted by Gasteiger charge is 2.24. The zero-order chi connectivity index (χ0) is 16.2. The molecule has 0 unspecified atom stereocenters. The molecule has 0 spiro atoms. The van der Waals surface area contributed by atoms with Crippen LogP contribution < -0.4 is 5.32 Å². The van der Waals surface area contributed by atoms with Gasteiger partial charge in [-0.1, -0.05) is 0 Å². The predicted octanol–water partition coefficient (Wildman–Crippen LogP) is 3.31. The number of hydrogen-bond donors (Lipinski definition) is 2. The minimum absolute atomic E-state index is 0.310. The van der Waals surface area contributed by atoms with Crippen molar-refractivity contribution in [3.8, 4) is 0 Å². The number of likely N-dealkylation sites (tertiary alicyclic amines) is 1. The van der Waals surface area contributed by atoms with E-state index in [0.29, 0.717) is 18.5 Å². The number of nitrogens with one attached hydrogen (secondary N) is 2. The van der Waals surface area contributed by atoms with E-state index < -0.39 is 5.60 Å². The van der Waals surface area contributed by atoms with Gasteiger partial charge in [-0.25, -0.2) is 4.79 Å². The van der Waals surface area contributed by atoms with E-state index in [-0.39, 0.29) is 6.09 Å². The van der Waals surface area contributed by atoms with Crippen LogP contribution in [0.15, 0.2) is 18.3 Å². The Hall–Kier alpha value is -1.49. The van der Waals surface area contributed by atoms with Gasteiger partial charge in [0.05, 0.1) is 0 Å². The highest BCUT2D eigenvalue weighted by Crippen LogP contribution is 2.25. The summed E-state index contributed by atoms with van der Waals surface area (Å²) in [5.74, 6) is 0.541. The van der Waals surface area contributed by atoms with Crippen molar-refractivity contribution in [2.24, 2.45) is 5.92 Å². The number of amides is 1. The van der Waals surface area contributed by atoms with Crippen LogP contribution in [0.3, 0.4) is 0 Å². The number of piperidine rings is 1. The van der Waals surface area contributed by atoms with E-state index in [9.17, 15) is 4.79 Å². The molecule has 5 heteroatoms. The third-order valence-corrected chi connectivity index (χ3v) is 4.20. The van der Waals surface area contributed by atoms with Crippen LogP contribution in [0.4, 0.5) is 4.79 Å². The van der Waals surface area contributed by atoms with Crippen LogP contribution in [0.25, 0.3) is 0 Å². The Labute approximate surface area is 133 Å². The molecule has 0 bridgehead atoms. The van der Waals surface area contributed by atoms with Crippen LogP contribution in [0.1, 0.15) is 52.3 Å². The van der Waals surface area contributed by atoms with Crippen molar-refractivity contribution < 1.29 is 9.53 Å². The zero-order valence-electron chi connectivity index (χ0n) is 14.2. The first-order chi connectivity index (χ1) is 10.3. The summed E-state index contributed by atoms with van der Waals surface area (Å²) in [5, 5.41) is 2.89. The van der Waals surface area contributed by atoms with Crippen LogP contribution in [0, 0.1) is 5.92 Å². The molecule has 1 aromatic heterocycles. The standard InChI is InChI=1S/C17H29N3O2/c1-13(15-6-5-9-18-15)20-10-7-14(8-11-20)12-19-16(21)22-17(2,3)4/h5-6,9,13-14,18H,7-8,10-12H2,1-4H3,(H,19,21)/t13-/m1/s1. The third kappa shape index (κ3) is 5.05. The Balaban J connectivity index is 1.70. The van der Waals surface area contributed by atoms with Gasteiger partial charge in [0.1, 0.15) is 5.60 Å². The molecule has 1 saturated heterocycles. The van der Waals surface area contributed by atoms with Crippen LogP contribution in [0.2, 0.25) is 0 Å². The van der Waals surface area contributed by atoms with Crippen molar-refractivity contribution in [2.75, 3.05) is 19.6 Å². The predicted molar refractivity (Wildman–Crippen MR) is 87.7 cm³/mol. The smallest absolute Gasteiger partial charge is 0.407 e. The maximum Gasteiger partial charge on any atom is 0.407 e. The summed E-state index contributed by atoms with van der Waals surface area (Å²) >= 11 is 0. The quantitative estimate of drug-likeness (QED) is 0.897. The maximum absolute atomic E-state index is 11.7. The average Bonchev–Trinajstić information content (AvgIpc) is 2.97. The van der Waals surface area contributed by atoms with Gasteiger partial charge < -0.3 is 15.0 Å². The molecule has 1 aliphatic rings. The molecular formula is C17H29N3O2. The second-order valence-electron chi connectivity index (χ2n) is 7.16. The van der Waals surface area contributed by atoms with Gasteiger partial charge in [-0.05, 0) is 71.7 Å². The van der Waals surface area contributed by atoms with Crippen LogP contribution >= 0.6 is 0 Å². The Morgan fingerprint density at radius 1 is 1.45 bits per heavy atom. The highest BCUT2D eigenvalue weighted by atomic mass is 16.6. The lowest BCUT2D eigenvalue weighted by Crippen LogP contribution is -2.41. The van der Waals surface area contributed by atoms with E-state index in [1.807, 2.05) is 33.0 Å². The van der Waals surface area contributed by atoms with Gasteiger partial charge in [-0.2, -0.15) is 0 Å². The molecule has 124 valence electrons. The van der Waals surface area contributed by atoms with E-state index in [4.69, 9.17) is 4.74 Å². The molecule has 1 atom stereocenters. The molecule has 2 rings (SSSR count). The fourth-order valence-electron chi connectivity index (χ4n) is 2.89. The molecule has 5 nitrogen and oxygen atoms in total. The first-order valence-corrected chi connectivity index (χ1v) is 8.19. The molecule has 0 aromatic carbocycles. The number of aromatic nitrogens is 1. The molecule has 22 heavy (non-hydrogen) atoms. The van der Waals surface area contributed by atoms with Gasteiger partial charge in [0.2, 0.25) is 0 Å². The minimum atomic E-state index is -0.432. The van der Waals surface area contributed by atoms with Gasteiger partial charge in [-0.15, -0.1) is 0 Å². The summed E-state index contributed by atoms with van der Waals surface area (Å²) in [6.07, 6.45) is 3.89. The Kier molecular flexibility index (Phi) is 5.51. The van der Waals surface area contributed by atoms with Crippen LogP contribution in [-0.2, 0) is 4.74 Å². The summed E-state index contributed by atoms with van der Waals surface area (Å²) < 4.78 is 5.27. The van der Waals surface area contributed by atoms with Gasteiger partial charge in [0.25, 0.3) is 0 Å². The summed E-state index contributed by atoms with van der Waals surface area (Å²) in [6.45, 7) is 10.7. The van der Waals surface area contributed by atoms with E-state index in [2.05, 4.69) is 28.2 Å². The molecule has 1 aromatic rings. The zero-order valence-corrected chi connectivity index (χ0v) is 14.2. The normalized spacial score (nSPS) is 18.9. The van der Waals surface area contributed by atoms with Crippen molar-refractivity contribution in [1.29, 1.82) is 0 Å². The number of carbonyl (C=O) groups is 1. The topological polar surface area (TPSA) is 57.4 Å². The highest BCUT2D eigenvalue weighted by molar-refractivity contribution is 5.67. The van der Waals surface area contributed by atoms with Crippen molar-refractivity contribution in [2.45, 2.75) is 52.2 Å². The fourth-order valence-corrected chi connectivity index (χ4v) is 2.89. The van der Waals surface area contributed by atoms with Gasteiger partial charge in [0.15, 0.2) is 0 Å². The molecule has 1 fully saturated rings. The molecule has 0 saturated carbocycles. The number of nitrogens with zero attached hydrogens (tertiary/aromatic N) is 1. The average molecular weight is 307 g/mol. The van der Waals surface area contributed by atoms with E-state index >= 15 is 0 Å². The van der Waals surface area contributed by atoms with E-state index in [1.165, 1.54) is 5.69 Å². The van der Waals surface area contributed by atoms with Crippen LogP contribution in [-0.4, -0.2) is 41.2 Å². The summed E-state index contributed by atoms with van der Waals surface area (Å²) in [6, 6.07) is 4.61. The monoisotopic (exact) mass is 307 g/mol. The molecule has 2 N–H and O–H groups in total. The SMILES string of the molecule is C[C@H](c1ccc[nH]1)N1CCC(CNC(=O)OC(C)(C)C)CC1. The van der Waals surface area contributed by atoms with E-state index in [0.717, 1.165) is 25.9 Å². The summed E-state index contributed by atoms with van der Waals surface area (Å²) in [7, 11) is 0. The number of ether oxygens (including phenoxy) is 1. The van der Waals surface area contributed by atoms with Crippen LogP contribution in [0.5, 0.6) is 0 Å². The number of hydrogen-bond acceptors (Lipinski definition) is 3. The first-order valence-electron chi connectivity index (χ1n) is 8.19. The lowest BCUT2D eigenvalue weighted by Gasteiger charge is -2.35. The van der Waals surface area contributed by atoms with Gasteiger partial charge in [0, 0.05) is 24.5 Å². The number of alkyl carbamates (subject to hydrolysis) is 1. The molecule has 2 heterocycles. The second kappa shape index (κ2) is 7.18. The number of rotatable bonds is 4. The lowest BCUT2D eigenvalue weighted by atomic mass is 9.95. The summed E-state index contributed by atoms with van der Waals surface area (Å²) in [5.41, 5.74) is 0.837.